The molecule has 108 valence electrons. The zero-order chi connectivity index (χ0) is 14.9. The van der Waals surface area contributed by atoms with Gasteiger partial charge in [0.1, 0.15) is 11.6 Å². The molecular weight excluding hydrogens is 269 g/mol. The van der Waals surface area contributed by atoms with E-state index in [0.29, 0.717) is 17.9 Å². The largest absolute Gasteiger partial charge is 0.416 e. The van der Waals surface area contributed by atoms with Crippen LogP contribution >= 0.6 is 0 Å². The van der Waals surface area contributed by atoms with E-state index in [1.165, 1.54) is 12.1 Å². The van der Waals surface area contributed by atoms with Gasteiger partial charge in [0.2, 0.25) is 0 Å². The summed E-state index contributed by atoms with van der Waals surface area (Å²) in [6.07, 6.45) is -4.33. The van der Waals surface area contributed by atoms with Gasteiger partial charge in [0.25, 0.3) is 0 Å². The van der Waals surface area contributed by atoms with Crippen LogP contribution in [0.25, 0.3) is 0 Å². The lowest BCUT2D eigenvalue weighted by Gasteiger charge is -2.14. The van der Waals surface area contributed by atoms with Crippen molar-refractivity contribution in [1.82, 2.24) is 14.8 Å². The van der Waals surface area contributed by atoms with E-state index in [2.05, 4.69) is 10.1 Å². The molecule has 2 aromatic rings. The molecule has 1 unspecified atom stereocenters. The lowest BCUT2D eigenvalue weighted by Crippen LogP contribution is -2.19. The first kappa shape index (κ1) is 14.5. The molecule has 0 aliphatic carbocycles. The van der Waals surface area contributed by atoms with Crippen LogP contribution in [0.4, 0.5) is 13.2 Å². The highest BCUT2D eigenvalue weighted by molar-refractivity contribution is 5.26. The number of alkyl halides is 3. The number of nitrogens with two attached hydrogens (primary N) is 1. The number of benzene rings is 1. The van der Waals surface area contributed by atoms with Crippen molar-refractivity contribution < 1.29 is 13.2 Å². The summed E-state index contributed by atoms with van der Waals surface area (Å²) in [5.74, 6) is 1.37. The Morgan fingerprint density at radius 1 is 1.20 bits per heavy atom. The van der Waals surface area contributed by atoms with Crippen LogP contribution in [0.5, 0.6) is 0 Å². The molecule has 0 spiro atoms. The van der Waals surface area contributed by atoms with Crippen LogP contribution in [0, 0.1) is 13.8 Å². The van der Waals surface area contributed by atoms with Gasteiger partial charge in [-0.1, -0.05) is 12.1 Å². The molecule has 1 aromatic carbocycles. The molecule has 0 fully saturated rings. The molecule has 20 heavy (non-hydrogen) atoms. The Morgan fingerprint density at radius 2 is 1.80 bits per heavy atom. The Bertz CT molecular complexity index is 587. The molecule has 1 aromatic heterocycles. The van der Waals surface area contributed by atoms with E-state index in [1.54, 1.807) is 18.5 Å². The van der Waals surface area contributed by atoms with E-state index in [9.17, 15) is 13.2 Å². The maximum absolute atomic E-state index is 12.5. The van der Waals surface area contributed by atoms with Gasteiger partial charge >= 0.3 is 6.18 Å². The third-order valence-corrected chi connectivity index (χ3v) is 3.00. The van der Waals surface area contributed by atoms with Gasteiger partial charge in [-0.15, -0.1) is 0 Å². The molecular formula is C13H15F3N4. The fourth-order valence-corrected chi connectivity index (χ4v) is 1.95. The molecule has 1 heterocycles. The molecule has 0 amide bonds. The quantitative estimate of drug-likeness (QED) is 0.942. The lowest BCUT2D eigenvalue weighted by atomic mass is 10.1. The van der Waals surface area contributed by atoms with E-state index >= 15 is 0 Å². The highest BCUT2D eigenvalue weighted by Crippen LogP contribution is 2.29. The van der Waals surface area contributed by atoms with Crippen LogP contribution in [0.1, 0.15) is 28.8 Å². The van der Waals surface area contributed by atoms with Crippen molar-refractivity contribution in [2.45, 2.75) is 32.6 Å². The standard InChI is InChI=1S/C13H15F3N4/c1-8-18-9(2)20(19-8)7-12(17)10-3-5-11(6-4-10)13(14,15)16/h3-6,12H,7,17H2,1-2H3. The van der Waals surface area contributed by atoms with E-state index < -0.39 is 17.8 Å². The van der Waals surface area contributed by atoms with E-state index in [4.69, 9.17) is 5.73 Å². The molecule has 0 aliphatic rings. The normalized spacial score (nSPS) is 13.5. The minimum atomic E-state index is -4.33. The maximum atomic E-state index is 12.5. The number of aryl methyl sites for hydroxylation is 2. The van der Waals surface area contributed by atoms with Crippen molar-refractivity contribution in [2.75, 3.05) is 0 Å². The Kier molecular flexibility index (Phi) is 3.80. The Morgan fingerprint density at radius 3 is 2.25 bits per heavy atom. The first-order valence-electron chi connectivity index (χ1n) is 6.08. The monoisotopic (exact) mass is 284 g/mol. The number of hydrogen-bond donors (Lipinski definition) is 1. The van der Waals surface area contributed by atoms with Gasteiger partial charge in [0.05, 0.1) is 12.1 Å². The van der Waals surface area contributed by atoms with Crippen molar-refractivity contribution in [1.29, 1.82) is 0 Å². The predicted octanol–water partition coefficient (Wildman–Crippen LogP) is 2.61. The fraction of sp³-hybridized carbons (Fsp3) is 0.385. The molecule has 1 atom stereocenters. The second-order valence-corrected chi connectivity index (χ2v) is 4.61. The van der Waals surface area contributed by atoms with Gasteiger partial charge in [0, 0.05) is 6.04 Å². The first-order chi connectivity index (χ1) is 9.27. The number of rotatable bonds is 3. The summed E-state index contributed by atoms with van der Waals surface area (Å²) in [7, 11) is 0. The van der Waals surface area contributed by atoms with Crippen LogP contribution in [-0.4, -0.2) is 14.8 Å². The number of aromatic nitrogens is 3. The Labute approximate surface area is 114 Å². The topological polar surface area (TPSA) is 56.7 Å². The average Bonchev–Trinajstić information content (AvgIpc) is 2.67. The van der Waals surface area contributed by atoms with Crippen molar-refractivity contribution in [2.24, 2.45) is 5.73 Å². The maximum Gasteiger partial charge on any atom is 0.416 e. The number of hydrogen-bond acceptors (Lipinski definition) is 3. The molecule has 0 saturated carbocycles. The molecule has 7 heteroatoms. The van der Waals surface area contributed by atoms with Gasteiger partial charge in [0.15, 0.2) is 0 Å². The van der Waals surface area contributed by atoms with Crippen LogP contribution in [0.2, 0.25) is 0 Å². The van der Waals surface area contributed by atoms with Crippen LogP contribution in [-0.2, 0) is 12.7 Å². The van der Waals surface area contributed by atoms with Crippen LogP contribution in [0.3, 0.4) is 0 Å². The van der Waals surface area contributed by atoms with Crippen molar-refractivity contribution >= 4 is 0 Å². The van der Waals surface area contributed by atoms with Crippen molar-refractivity contribution in [3.05, 3.63) is 47.0 Å². The average molecular weight is 284 g/mol. The SMILES string of the molecule is Cc1nc(C)n(CC(N)c2ccc(C(F)(F)F)cc2)n1. The van der Waals surface area contributed by atoms with Crippen LogP contribution < -0.4 is 5.73 Å². The van der Waals surface area contributed by atoms with Crippen molar-refractivity contribution in [3.63, 3.8) is 0 Å². The van der Waals surface area contributed by atoms with Gasteiger partial charge in [-0.05, 0) is 31.5 Å². The lowest BCUT2D eigenvalue weighted by molar-refractivity contribution is -0.137. The smallest absolute Gasteiger partial charge is 0.322 e. The summed E-state index contributed by atoms with van der Waals surface area (Å²) in [5.41, 5.74) is 5.95. The second-order valence-electron chi connectivity index (χ2n) is 4.61. The van der Waals surface area contributed by atoms with E-state index in [1.807, 2.05) is 0 Å². The van der Waals surface area contributed by atoms with Gasteiger partial charge < -0.3 is 5.73 Å². The summed E-state index contributed by atoms with van der Waals surface area (Å²) in [6.45, 7) is 3.95. The molecule has 0 radical (unpaired) electrons. The summed E-state index contributed by atoms with van der Waals surface area (Å²) in [4.78, 5) is 4.15. The molecule has 0 aliphatic heterocycles. The minimum absolute atomic E-state index is 0.373. The fourth-order valence-electron chi connectivity index (χ4n) is 1.95. The molecule has 2 rings (SSSR count). The molecule has 0 saturated heterocycles. The summed E-state index contributed by atoms with van der Waals surface area (Å²) in [5, 5.41) is 4.18. The summed E-state index contributed by atoms with van der Waals surface area (Å²) >= 11 is 0. The minimum Gasteiger partial charge on any atom is -0.322 e. The zero-order valence-corrected chi connectivity index (χ0v) is 11.1. The molecule has 0 bridgehead atoms. The van der Waals surface area contributed by atoms with Crippen molar-refractivity contribution in [3.8, 4) is 0 Å². The first-order valence-corrected chi connectivity index (χ1v) is 6.08. The summed E-state index contributed by atoms with van der Waals surface area (Å²) in [6, 6.07) is 4.43. The predicted molar refractivity (Wildman–Crippen MR) is 67.9 cm³/mol. The zero-order valence-electron chi connectivity index (χ0n) is 11.1. The van der Waals surface area contributed by atoms with Gasteiger partial charge in [-0.3, -0.25) is 0 Å². The number of nitrogens with zero attached hydrogens (tertiary/aromatic N) is 3. The highest BCUT2D eigenvalue weighted by Gasteiger charge is 2.30. The van der Waals surface area contributed by atoms with Crippen LogP contribution in [0.15, 0.2) is 24.3 Å². The van der Waals surface area contributed by atoms with Gasteiger partial charge in [-0.2, -0.15) is 18.3 Å². The molecule has 4 nitrogen and oxygen atoms in total. The van der Waals surface area contributed by atoms with E-state index in [-0.39, 0.29) is 0 Å². The molecule has 2 N–H and O–H groups in total. The third-order valence-electron chi connectivity index (χ3n) is 3.00. The summed E-state index contributed by atoms with van der Waals surface area (Å²) < 4.78 is 39.1. The van der Waals surface area contributed by atoms with Gasteiger partial charge in [-0.25, -0.2) is 9.67 Å². The third kappa shape index (κ3) is 3.16. The number of halogens is 3. The second kappa shape index (κ2) is 5.24. The highest BCUT2D eigenvalue weighted by atomic mass is 19.4. The Hall–Kier alpha value is -1.89. The van der Waals surface area contributed by atoms with E-state index in [0.717, 1.165) is 18.0 Å². The Balaban J connectivity index is 2.13.